The molecule has 10 heteroatoms. The first-order valence-electron chi connectivity index (χ1n) is 7.66. The molecule has 0 aliphatic carbocycles. The van der Waals surface area contributed by atoms with E-state index in [1.165, 1.54) is 17.1 Å². The number of hydrogen-bond donors (Lipinski definition) is 2. The van der Waals surface area contributed by atoms with Gasteiger partial charge in [-0.3, -0.25) is 4.68 Å². The number of sulfone groups is 1. The highest BCUT2D eigenvalue weighted by molar-refractivity contribution is 7.89. The zero-order valence-electron chi connectivity index (χ0n) is 13.9. The Kier molecular flexibility index (Phi) is 5.38. The van der Waals surface area contributed by atoms with E-state index in [1.54, 1.807) is 6.20 Å². The Labute approximate surface area is 156 Å². The van der Waals surface area contributed by atoms with E-state index in [1.807, 2.05) is 30.3 Å². The van der Waals surface area contributed by atoms with E-state index in [2.05, 4.69) is 25.7 Å². The smallest absolute Gasteiger partial charge is 0.229 e. The van der Waals surface area contributed by atoms with Crippen molar-refractivity contribution in [3.8, 4) is 0 Å². The molecule has 0 bridgehead atoms. The van der Waals surface area contributed by atoms with Gasteiger partial charge in [-0.15, -0.1) is 0 Å². The molecule has 0 fully saturated rings. The lowest BCUT2D eigenvalue weighted by Gasteiger charge is -2.09. The molecule has 0 unspecified atom stereocenters. The molecule has 0 amide bonds. The van der Waals surface area contributed by atoms with Gasteiger partial charge in [0.2, 0.25) is 5.95 Å². The van der Waals surface area contributed by atoms with Crippen LogP contribution in [0.5, 0.6) is 0 Å². The number of aromatic nitrogens is 4. The van der Waals surface area contributed by atoms with Crippen LogP contribution in [0.4, 0.5) is 17.5 Å². The van der Waals surface area contributed by atoms with Crippen LogP contribution in [0.3, 0.4) is 0 Å². The molecule has 3 aromatic rings. The van der Waals surface area contributed by atoms with Gasteiger partial charge in [0.15, 0.2) is 15.7 Å². The summed E-state index contributed by atoms with van der Waals surface area (Å²) in [4.78, 5) is 8.47. The average Bonchev–Trinajstić information content (AvgIpc) is 3.01. The molecule has 8 nitrogen and oxygen atoms in total. The van der Waals surface area contributed by atoms with Crippen molar-refractivity contribution in [2.45, 2.75) is 12.4 Å². The number of hydrogen-bond acceptors (Lipinski definition) is 7. The normalized spacial score (nSPS) is 11.3. The van der Waals surface area contributed by atoms with Crippen molar-refractivity contribution < 1.29 is 8.42 Å². The summed E-state index contributed by atoms with van der Waals surface area (Å²) in [5.74, 6) is 0.625. The fourth-order valence-electron chi connectivity index (χ4n) is 2.20. The first kappa shape index (κ1) is 18.2. The predicted octanol–water partition coefficient (Wildman–Crippen LogP) is 2.68. The second-order valence-electron chi connectivity index (χ2n) is 5.68. The third-order valence-electron chi connectivity index (χ3n) is 3.30. The maximum absolute atomic E-state index is 11.3. The topological polar surface area (TPSA) is 102 Å². The molecule has 0 aliphatic heterocycles. The van der Waals surface area contributed by atoms with Crippen LogP contribution in [-0.2, 0) is 22.3 Å². The van der Waals surface area contributed by atoms with Gasteiger partial charge in [0.25, 0.3) is 0 Å². The Morgan fingerprint density at radius 3 is 2.69 bits per heavy atom. The van der Waals surface area contributed by atoms with E-state index >= 15 is 0 Å². The number of halogens is 1. The minimum absolute atomic E-state index is 0.194. The second kappa shape index (κ2) is 7.71. The van der Waals surface area contributed by atoms with Crippen LogP contribution in [0.1, 0.15) is 5.56 Å². The van der Waals surface area contributed by atoms with Crippen LogP contribution in [0.25, 0.3) is 0 Å². The van der Waals surface area contributed by atoms with Crippen molar-refractivity contribution in [2.24, 2.45) is 0 Å². The number of nitrogens with one attached hydrogen (secondary N) is 2. The molecule has 2 aromatic heterocycles. The quantitative estimate of drug-likeness (QED) is 0.637. The van der Waals surface area contributed by atoms with Crippen molar-refractivity contribution >= 4 is 38.9 Å². The molecule has 2 heterocycles. The number of rotatable bonds is 7. The van der Waals surface area contributed by atoms with Gasteiger partial charge < -0.3 is 10.6 Å². The lowest BCUT2D eigenvalue weighted by Crippen LogP contribution is -2.08. The Bertz CT molecular complexity index is 991. The van der Waals surface area contributed by atoms with Crippen molar-refractivity contribution in [1.29, 1.82) is 0 Å². The summed E-state index contributed by atoms with van der Waals surface area (Å²) in [6.07, 6.45) is 5.70. The molecule has 0 spiro atoms. The van der Waals surface area contributed by atoms with E-state index in [0.29, 0.717) is 29.0 Å². The molecular formula is C16H17ClN6O2S. The Morgan fingerprint density at radius 2 is 1.96 bits per heavy atom. The first-order chi connectivity index (χ1) is 12.4. The molecule has 26 heavy (non-hydrogen) atoms. The summed E-state index contributed by atoms with van der Waals surface area (Å²) in [7, 11) is -3.17. The van der Waals surface area contributed by atoms with Crippen LogP contribution in [0.15, 0.2) is 48.9 Å². The van der Waals surface area contributed by atoms with E-state index in [9.17, 15) is 8.42 Å². The molecule has 0 atom stereocenters. The van der Waals surface area contributed by atoms with Gasteiger partial charge in [0.05, 0.1) is 18.1 Å². The maximum Gasteiger partial charge on any atom is 0.229 e. The van der Waals surface area contributed by atoms with Crippen molar-refractivity contribution in [3.05, 3.63) is 59.5 Å². The Balaban J connectivity index is 1.69. The summed E-state index contributed by atoms with van der Waals surface area (Å²) >= 11 is 6.14. The van der Waals surface area contributed by atoms with Crippen molar-refractivity contribution in [2.75, 3.05) is 16.9 Å². The number of nitrogens with zero attached hydrogens (tertiary/aromatic N) is 4. The van der Waals surface area contributed by atoms with Crippen LogP contribution < -0.4 is 10.6 Å². The number of anilines is 3. The molecule has 3 rings (SSSR count). The number of benzene rings is 1. The minimum Gasteiger partial charge on any atom is -0.365 e. The molecule has 0 saturated heterocycles. The van der Waals surface area contributed by atoms with E-state index in [4.69, 9.17) is 11.6 Å². The van der Waals surface area contributed by atoms with Crippen LogP contribution in [0.2, 0.25) is 5.02 Å². The zero-order valence-corrected chi connectivity index (χ0v) is 15.5. The second-order valence-corrected chi connectivity index (χ2v) is 8.19. The summed E-state index contributed by atoms with van der Waals surface area (Å²) in [6.45, 7) is 0.573. The van der Waals surface area contributed by atoms with E-state index in [-0.39, 0.29) is 5.88 Å². The standard InChI is InChI=1S/C16H17ClN6O2S/c1-26(24,25)11-23-10-13(8-20-23)21-16-19-9-14(17)15(22-16)18-7-12-5-3-2-4-6-12/h2-6,8-10H,7,11H2,1H3,(H2,18,19,21,22). The highest BCUT2D eigenvalue weighted by Gasteiger charge is 2.09. The predicted molar refractivity (Wildman–Crippen MR) is 101 cm³/mol. The molecule has 2 N–H and O–H groups in total. The van der Waals surface area contributed by atoms with E-state index < -0.39 is 9.84 Å². The van der Waals surface area contributed by atoms with Crippen molar-refractivity contribution in [1.82, 2.24) is 19.7 Å². The maximum atomic E-state index is 11.3. The zero-order chi connectivity index (χ0) is 18.6. The van der Waals surface area contributed by atoms with Gasteiger partial charge in [-0.25, -0.2) is 13.4 Å². The summed E-state index contributed by atoms with van der Waals surface area (Å²) in [6, 6.07) is 9.86. The lowest BCUT2D eigenvalue weighted by atomic mass is 10.2. The summed E-state index contributed by atoms with van der Waals surface area (Å²) in [5.41, 5.74) is 1.67. The molecule has 0 radical (unpaired) electrons. The first-order valence-corrected chi connectivity index (χ1v) is 10.1. The Morgan fingerprint density at radius 1 is 1.19 bits per heavy atom. The molecule has 0 aliphatic rings. The van der Waals surface area contributed by atoms with Crippen LogP contribution in [0, 0.1) is 0 Å². The highest BCUT2D eigenvalue weighted by atomic mass is 35.5. The summed E-state index contributed by atoms with van der Waals surface area (Å²) in [5, 5.41) is 10.5. The van der Waals surface area contributed by atoms with Gasteiger partial charge in [-0.2, -0.15) is 10.1 Å². The van der Waals surface area contributed by atoms with Crippen LogP contribution >= 0.6 is 11.6 Å². The molecular weight excluding hydrogens is 376 g/mol. The fraction of sp³-hybridized carbons (Fsp3) is 0.188. The van der Waals surface area contributed by atoms with Gasteiger partial charge in [-0.05, 0) is 5.56 Å². The molecule has 136 valence electrons. The fourth-order valence-corrected chi connectivity index (χ4v) is 2.98. The lowest BCUT2D eigenvalue weighted by molar-refractivity contribution is 0.581. The van der Waals surface area contributed by atoms with Gasteiger partial charge in [0, 0.05) is 19.0 Å². The SMILES string of the molecule is CS(=O)(=O)Cn1cc(Nc2ncc(Cl)c(NCc3ccccc3)n2)cn1. The Hall–Kier alpha value is -2.65. The average molecular weight is 393 g/mol. The van der Waals surface area contributed by atoms with Gasteiger partial charge in [0.1, 0.15) is 10.9 Å². The monoisotopic (exact) mass is 392 g/mol. The van der Waals surface area contributed by atoms with Crippen LogP contribution in [-0.4, -0.2) is 34.4 Å². The third-order valence-corrected chi connectivity index (χ3v) is 4.31. The van der Waals surface area contributed by atoms with Gasteiger partial charge in [-0.1, -0.05) is 41.9 Å². The highest BCUT2D eigenvalue weighted by Crippen LogP contribution is 2.22. The largest absolute Gasteiger partial charge is 0.365 e. The third kappa shape index (κ3) is 5.17. The minimum atomic E-state index is -3.17. The summed E-state index contributed by atoms with van der Waals surface area (Å²) < 4.78 is 23.9. The van der Waals surface area contributed by atoms with Crippen molar-refractivity contribution in [3.63, 3.8) is 0 Å². The van der Waals surface area contributed by atoms with E-state index in [0.717, 1.165) is 11.8 Å². The molecule has 1 aromatic carbocycles. The molecule has 0 saturated carbocycles. The van der Waals surface area contributed by atoms with Gasteiger partial charge >= 0.3 is 0 Å².